The average Bonchev–Trinajstić information content (AvgIpc) is 2.88. The molecule has 0 bridgehead atoms. The molecule has 1 aliphatic rings. The van der Waals surface area contributed by atoms with Crippen molar-refractivity contribution in [3.63, 3.8) is 0 Å². The van der Waals surface area contributed by atoms with Gasteiger partial charge in [0.15, 0.2) is 13.6 Å². The van der Waals surface area contributed by atoms with Crippen molar-refractivity contribution >= 4 is 15.6 Å². The minimum Gasteiger partial charge on any atom is -0.466 e. The Morgan fingerprint density at radius 3 is 1.51 bits per heavy atom. The molecule has 12 heteroatoms. The van der Waals surface area contributed by atoms with Crippen molar-refractivity contribution in [3.8, 4) is 11.5 Å². The van der Waals surface area contributed by atoms with Crippen LogP contribution in [0.15, 0.2) is 35.9 Å². The molecular weight excluding hydrogens is 690 g/mol. The number of phosphoric acid groups is 2. The van der Waals surface area contributed by atoms with Crippen LogP contribution in [0.4, 0.5) is 0 Å². The quantitative estimate of drug-likeness (QED) is 0.0621. The van der Waals surface area contributed by atoms with Crippen LogP contribution in [0.5, 0.6) is 11.5 Å². The number of aryl methyl sites for hydroxylation is 1. The fraction of sp³-hybridized carbons (Fsp3) is 0.744. The topological polar surface area (TPSA) is 108 Å². The molecule has 2 unspecified atom stereocenters. The minimum absolute atomic E-state index is 0.0882. The summed E-state index contributed by atoms with van der Waals surface area (Å²) in [6, 6.07) is 3.98. The Hall–Kier alpha value is -1.48. The highest BCUT2D eigenvalue weighted by Gasteiger charge is 2.39. The lowest BCUT2D eigenvalue weighted by Crippen LogP contribution is -2.25. The average molecular weight is 759 g/mol. The van der Waals surface area contributed by atoms with Crippen LogP contribution in [0.1, 0.15) is 153 Å². The first kappa shape index (κ1) is 45.7. The fourth-order valence-electron chi connectivity index (χ4n) is 5.65. The molecule has 0 radical (unpaired) electrons. The predicted octanol–water partition coefficient (Wildman–Crippen LogP) is 12.6. The van der Waals surface area contributed by atoms with E-state index in [1.807, 2.05) is 19.1 Å². The summed E-state index contributed by atoms with van der Waals surface area (Å²) in [6.45, 7) is 31.2. The maximum atomic E-state index is 13.9. The molecule has 0 N–H and O–H groups in total. The van der Waals surface area contributed by atoms with Gasteiger partial charge in [-0.05, 0) is 146 Å². The van der Waals surface area contributed by atoms with Gasteiger partial charge in [-0.3, -0.25) is 18.1 Å². The van der Waals surface area contributed by atoms with E-state index >= 15 is 0 Å². The van der Waals surface area contributed by atoms with Crippen LogP contribution < -0.4 is 9.47 Å². The zero-order valence-electron chi connectivity index (χ0n) is 34.2. The van der Waals surface area contributed by atoms with E-state index in [2.05, 4.69) is 26.5 Å². The summed E-state index contributed by atoms with van der Waals surface area (Å²) in [6.07, 6.45) is 7.91. The normalized spacial score (nSPS) is 18.1. The Balaban J connectivity index is 2.67. The van der Waals surface area contributed by atoms with Gasteiger partial charge in [-0.15, -0.1) is 0 Å². The summed E-state index contributed by atoms with van der Waals surface area (Å²) in [4.78, 5) is 0. The van der Waals surface area contributed by atoms with Crippen molar-refractivity contribution in [3.05, 3.63) is 47.1 Å². The number of allylic oxidation sites excluding steroid dienone is 3. The Kier molecular flexibility index (Phi) is 16.3. The van der Waals surface area contributed by atoms with Gasteiger partial charge in [0.25, 0.3) is 0 Å². The van der Waals surface area contributed by atoms with Crippen molar-refractivity contribution in [1.29, 1.82) is 0 Å². The standard InChI is InChI=1S/C39H68O10P2/c1-17-18-19-20-30-24-33(42-26-44-50(40,46-36(5,6)7)47-37(8,9)10)35(32-23-29(4)21-22-31(32)28(2)3)34(25-30)43-27-45-51(41,48-38(11,12)13)49-39(14,15)16/h23-25,31-32H,2,17-22,26-27H2,1,3-16H3. The van der Waals surface area contributed by atoms with Gasteiger partial charge in [-0.1, -0.05) is 43.6 Å². The molecule has 0 fully saturated rings. The fourth-order valence-corrected chi connectivity index (χ4v) is 8.98. The van der Waals surface area contributed by atoms with E-state index in [9.17, 15) is 9.13 Å². The van der Waals surface area contributed by atoms with Gasteiger partial charge in [-0.2, -0.15) is 0 Å². The van der Waals surface area contributed by atoms with E-state index in [1.165, 1.54) is 5.57 Å². The highest BCUT2D eigenvalue weighted by molar-refractivity contribution is 7.48. The first-order chi connectivity index (χ1) is 23.1. The van der Waals surface area contributed by atoms with Crippen LogP contribution in [0.3, 0.4) is 0 Å². The van der Waals surface area contributed by atoms with Gasteiger partial charge < -0.3 is 9.47 Å². The van der Waals surface area contributed by atoms with E-state index in [0.717, 1.165) is 55.2 Å². The van der Waals surface area contributed by atoms with E-state index < -0.39 is 51.6 Å². The van der Waals surface area contributed by atoms with Crippen LogP contribution in [0.25, 0.3) is 0 Å². The van der Waals surface area contributed by atoms with Crippen molar-refractivity contribution < 1.29 is 45.7 Å². The zero-order valence-corrected chi connectivity index (χ0v) is 36.0. The number of benzene rings is 1. The van der Waals surface area contributed by atoms with Gasteiger partial charge in [0.05, 0.1) is 22.4 Å². The van der Waals surface area contributed by atoms with E-state index in [0.29, 0.717) is 11.5 Å². The Morgan fingerprint density at radius 1 is 0.745 bits per heavy atom. The highest BCUT2D eigenvalue weighted by atomic mass is 31.2. The molecule has 0 aliphatic heterocycles. The lowest BCUT2D eigenvalue weighted by atomic mass is 9.73. The third kappa shape index (κ3) is 17.0. The highest BCUT2D eigenvalue weighted by Crippen LogP contribution is 2.57. The van der Waals surface area contributed by atoms with Gasteiger partial charge >= 0.3 is 15.6 Å². The molecule has 294 valence electrons. The molecule has 0 saturated carbocycles. The lowest BCUT2D eigenvalue weighted by Gasteiger charge is -2.34. The second-order valence-corrected chi connectivity index (χ2v) is 20.5. The first-order valence-corrected chi connectivity index (χ1v) is 21.1. The summed E-state index contributed by atoms with van der Waals surface area (Å²) < 4.78 is 75.6. The lowest BCUT2D eigenvalue weighted by molar-refractivity contribution is -0.0195. The molecule has 1 aromatic carbocycles. The molecule has 0 heterocycles. The van der Waals surface area contributed by atoms with Crippen LogP contribution in [0.2, 0.25) is 0 Å². The van der Waals surface area contributed by atoms with Gasteiger partial charge in [0, 0.05) is 11.5 Å². The molecule has 10 nitrogen and oxygen atoms in total. The summed E-state index contributed by atoms with van der Waals surface area (Å²) >= 11 is 0. The van der Waals surface area contributed by atoms with Crippen LogP contribution in [-0.4, -0.2) is 36.0 Å². The predicted molar refractivity (Wildman–Crippen MR) is 205 cm³/mol. The second kappa shape index (κ2) is 18.2. The largest absolute Gasteiger partial charge is 0.478 e. The number of hydrogen-bond acceptors (Lipinski definition) is 10. The second-order valence-electron chi connectivity index (χ2n) is 17.5. The number of unbranched alkanes of at least 4 members (excludes halogenated alkanes) is 2. The van der Waals surface area contributed by atoms with E-state index in [4.69, 9.17) is 36.6 Å². The molecule has 1 aromatic rings. The molecule has 0 spiro atoms. The SMILES string of the molecule is C=C(C)C1CCC(C)=CC1c1c(OCOP(=O)(OC(C)(C)C)OC(C)(C)C)cc(CCCCC)cc1OCOP(=O)(OC(C)(C)C)OC(C)(C)C. The summed E-state index contributed by atoms with van der Waals surface area (Å²) in [5, 5.41) is 0. The summed E-state index contributed by atoms with van der Waals surface area (Å²) in [5.74, 6) is 0.918. The van der Waals surface area contributed by atoms with E-state index in [1.54, 1.807) is 83.1 Å². The summed E-state index contributed by atoms with van der Waals surface area (Å²) in [5.41, 5.74) is 0.758. The molecule has 0 aromatic heterocycles. The summed E-state index contributed by atoms with van der Waals surface area (Å²) in [7, 11) is -8.12. The number of hydrogen-bond donors (Lipinski definition) is 0. The third-order valence-electron chi connectivity index (χ3n) is 7.34. The Bertz CT molecular complexity index is 1310. The minimum atomic E-state index is -4.06. The van der Waals surface area contributed by atoms with Crippen LogP contribution >= 0.6 is 15.6 Å². The van der Waals surface area contributed by atoms with Crippen molar-refractivity contribution in [2.75, 3.05) is 13.6 Å². The van der Waals surface area contributed by atoms with Crippen LogP contribution in [0, 0.1) is 5.92 Å². The Labute approximate surface area is 309 Å². The van der Waals surface area contributed by atoms with Crippen molar-refractivity contribution in [2.24, 2.45) is 5.92 Å². The van der Waals surface area contributed by atoms with Gasteiger partial charge in [-0.25, -0.2) is 18.2 Å². The van der Waals surface area contributed by atoms with Crippen molar-refractivity contribution in [2.45, 2.75) is 171 Å². The Morgan fingerprint density at radius 2 is 1.16 bits per heavy atom. The maximum absolute atomic E-state index is 13.9. The monoisotopic (exact) mass is 758 g/mol. The van der Waals surface area contributed by atoms with Crippen molar-refractivity contribution in [1.82, 2.24) is 0 Å². The molecular formula is C39H68O10P2. The first-order valence-electron chi connectivity index (χ1n) is 18.2. The van der Waals surface area contributed by atoms with Gasteiger partial charge in [0.2, 0.25) is 0 Å². The molecule has 0 saturated heterocycles. The third-order valence-corrected chi connectivity index (χ3v) is 11.3. The zero-order chi connectivity index (χ0) is 39.1. The molecule has 2 atom stereocenters. The molecule has 2 rings (SSSR count). The number of rotatable bonds is 18. The maximum Gasteiger partial charge on any atom is 0.478 e. The smallest absolute Gasteiger partial charge is 0.466 e. The van der Waals surface area contributed by atoms with Crippen LogP contribution in [-0.2, 0) is 42.7 Å². The number of phosphoric ester groups is 2. The molecule has 0 amide bonds. The van der Waals surface area contributed by atoms with E-state index in [-0.39, 0.29) is 11.8 Å². The molecule has 51 heavy (non-hydrogen) atoms. The molecule has 1 aliphatic carbocycles. The van der Waals surface area contributed by atoms with Gasteiger partial charge in [0.1, 0.15) is 11.5 Å². The number of ether oxygens (including phenoxy) is 2.